The van der Waals surface area contributed by atoms with E-state index >= 15 is 0 Å². The van der Waals surface area contributed by atoms with Crippen LogP contribution in [0.1, 0.15) is 29.5 Å². The van der Waals surface area contributed by atoms with E-state index < -0.39 is 11.6 Å². The van der Waals surface area contributed by atoms with Gasteiger partial charge < -0.3 is 10.0 Å². The summed E-state index contributed by atoms with van der Waals surface area (Å²) >= 11 is 5.95. The Morgan fingerprint density at radius 1 is 0.967 bits per heavy atom. The van der Waals surface area contributed by atoms with Gasteiger partial charge in [0.05, 0.1) is 22.5 Å². The summed E-state index contributed by atoms with van der Waals surface area (Å²) in [6.45, 7) is 2.60. The Hall–Kier alpha value is -3.05. The van der Waals surface area contributed by atoms with E-state index in [0.29, 0.717) is 17.9 Å². The smallest absolute Gasteiger partial charge is 0.165 e. The third-order valence-electron chi connectivity index (χ3n) is 5.45. The Morgan fingerprint density at radius 2 is 1.63 bits per heavy atom. The number of hydrogen-bond acceptors (Lipinski definition) is 3. The van der Waals surface area contributed by atoms with Crippen molar-refractivity contribution in [3.63, 3.8) is 0 Å². The molecule has 152 valence electrons. The van der Waals surface area contributed by atoms with Crippen LogP contribution in [-0.2, 0) is 6.42 Å². The van der Waals surface area contributed by atoms with Crippen LogP contribution in [0.25, 0.3) is 0 Å². The zero-order valence-electron chi connectivity index (χ0n) is 16.7. The molecule has 0 bridgehead atoms. The number of aliphatic imine (C=N–C) groups is 1. The molecule has 3 aromatic carbocycles. The second-order valence-corrected chi connectivity index (χ2v) is 7.86. The van der Waals surface area contributed by atoms with Gasteiger partial charge in [0, 0.05) is 6.54 Å². The zero-order chi connectivity index (χ0) is 21.1. The molecule has 2 unspecified atom stereocenters. The molecule has 3 nitrogen and oxygen atoms in total. The summed E-state index contributed by atoms with van der Waals surface area (Å²) in [4.78, 5) is 7.57. The maximum absolute atomic E-state index is 14.1. The van der Waals surface area contributed by atoms with Crippen molar-refractivity contribution in [3.8, 4) is 5.75 Å². The topological polar surface area (TPSA) is 35.8 Å². The third kappa shape index (κ3) is 3.98. The van der Waals surface area contributed by atoms with Gasteiger partial charge in [-0.15, -0.1) is 0 Å². The van der Waals surface area contributed by atoms with Crippen LogP contribution < -0.4 is 0 Å². The lowest BCUT2D eigenvalue weighted by Gasteiger charge is -2.38. The molecule has 0 amide bonds. The van der Waals surface area contributed by atoms with Crippen LogP contribution >= 0.6 is 12.2 Å². The number of nitrogens with zero attached hydrogens (tertiary/aromatic N) is 2. The SMILES string of the molecule is CC1N=C(c2cccc(F)c2O)N(CCc2ccccc2)C(=S)C1c1ccccc1. The molecule has 3 aromatic rings. The molecule has 1 aliphatic heterocycles. The molecular weight excluding hydrogens is 395 g/mol. The van der Waals surface area contributed by atoms with Gasteiger partial charge in [0.15, 0.2) is 11.6 Å². The fourth-order valence-electron chi connectivity index (χ4n) is 3.91. The van der Waals surface area contributed by atoms with Crippen LogP contribution in [-0.4, -0.2) is 33.4 Å². The van der Waals surface area contributed by atoms with Crippen molar-refractivity contribution in [2.24, 2.45) is 4.99 Å². The van der Waals surface area contributed by atoms with Gasteiger partial charge in [-0.05, 0) is 36.6 Å². The van der Waals surface area contributed by atoms with Gasteiger partial charge in [0.1, 0.15) is 5.84 Å². The van der Waals surface area contributed by atoms with Crippen LogP contribution in [0.2, 0.25) is 0 Å². The van der Waals surface area contributed by atoms with Crippen LogP contribution in [0, 0.1) is 5.82 Å². The molecule has 30 heavy (non-hydrogen) atoms. The molecule has 4 rings (SSSR count). The van der Waals surface area contributed by atoms with E-state index in [0.717, 1.165) is 17.0 Å². The third-order valence-corrected chi connectivity index (χ3v) is 5.92. The molecule has 5 heteroatoms. The highest BCUT2D eigenvalue weighted by atomic mass is 32.1. The fourth-order valence-corrected chi connectivity index (χ4v) is 4.42. The number of benzene rings is 3. The Morgan fingerprint density at radius 3 is 2.33 bits per heavy atom. The van der Waals surface area contributed by atoms with Crippen molar-refractivity contribution in [1.82, 2.24) is 4.90 Å². The number of rotatable bonds is 5. The fraction of sp³-hybridized carbons (Fsp3) is 0.200. The van der Waals surface area contributed by atoms with E-state index in [1.807, 2.05) is 48.2 Å². The minimum atomic E-state index is -0.665. The van der Waals surface area contributed by atoms with Crippen LogP contribution in [0.5, 0.6) is 5.75 Å². The highest BCUT2D eigenvalue weighted by molar-refractivity contribution is 7.80. The van der Waals surface area contributed by atoms with E-state index in [4.69, 9.17) is 17.2 Å². The number of aromatic hydroxyl groups is 1. The van der Waals surface area contributed by atoms with Gasteiger partial charge in [-0.3, -0.25) is 4.99 Å². The molecule has 0 fully saturated rings. The normalized spacial score (nSPS) is 18.9. The van der Waals surface area contributed by atoms with Gasteiger partial charge >= 0.3 is 0 Å². The largest absolute Gasteiger partial charge is 0.504 e. The molecule has 0 aromatic heterocycles. The van der Waals surface area contributed by atoms with Crippen molar-refractivity contribution in [1.29, 1.82) is 0 Å². The van der Waals surface area contributed by atoms with E-state index in [1.54, 1.807) is 12.1 Å². The van der Waals surface area contributed by atoms with E-state index in [1.165, 1.54) is 11.6 Å². The first kappa shape index (κ1) is 20.2. The number of thiocarbonyl (C=S) groups is 1. The highest BCUT2D eigenvalue weighted by Crippen LogP contribution is 2.33. The summed E-state index contributed by atoms with van der Waals surface area (Å²) in [7, 11) is 0. The van der Waals surface area contributed by atoms with Crippen molar-refractivity contribution in [3.05, 3.63) is 101 Å². The number of phenols is 1. The number of hydrogen-bond donors (Lipinski definition) is 1. The van der Waals surface area contributed by atoms with Crippen molar-refractivity contribution >= 4 is 23.0 Å². The summed E-state index contributed by atoms with van der Waals surface area (Å²) in [6, 6.07) is 24.6. The van der Waals surface area contributed by atoms with Crippen molar-refractivity contribution < 1.29 is 9.50 Å². The number of halogens is 1. The monoisotopic (exact) mass is 418 g/mol. The zero-order valence-corrected chi connectivity index (χ0v) is 17.5. The summed E-state index contributed by atoms with van der Waals surface area (Å²) in [5.74, 6) is -0.597. The van der Waals surface area contributed by atoms with Crippen LogP contribution in [0.4, 0.5) is 4.39 Å². The first-order valence-corrected chi connectivity index (χ1v) is 10.4. The predicted molar refractivity (Wildman–Crippen MR) is 123 cm³/mol. The highest BCUT2D eigenvalue weighted by Gasteiger charge is 2.35. The lowest BCUT2D eigenvalue weighted by Crippen LogP contribution is -2.47. The summed E-state index contributed by atoms with van der Waals surface area (Å²) in [6.07, 6.45) is 0.756. The second-order valence-electron chi connectivity index (χ2n) is 7.44. The van der Waals surface area contributed by atoms with Crippen LogP contribution in [0.15, 0.2) is 83.9 Å². The molecule has 2 atom stereocenters. The van der Waals surface area contributed by atoms with Gasteiger partial charge in [-0.2, -0.15) is 0 Å². The molecule has 0 spiro atoms. The lowest BCUT2D eigenvalue weighted by atomic mass is 9.89. The summed E-state index contributed by atoms with van der Waals surface area (Å²) in [5, 5.41) is 10.4. The second kappa shape index (κ2) is 8.76. The molecule has 0 saturated heterocycles. The van der Waals surface area contributed by atoms with Gasteiger partial charge in [-0.1, -0.05) is 78.9 Å². The van der Waals surface area contributed by atoms with E-state index in [2.05, 4.69) is 24.3 Å². The van der Waals surface area contributed by atoms with E-state index in [-0.39, 0.29) is 12.0 Å². The number of amidine groups is 1. The number of phenolic OH excluding ortho intramolecular Hbond substituents is 1. The quantitative estimate of drug-likeness (QED) is 0.569. The van der Waals surface area contributed by atoms with E-state index in [9.17, 15) is 9.50 Å². The minimum absolute atomic E-state index is 0.0589. The number of para-hydroxylation sites is 1. The average Bonchev–Trinajstić information content (AvgIpc) is 2.76. The van der Waals surface area contributed by atoms with Gasteiger partial charge in [0.25, 0.3) is 0 Å². The first-order chi connectivity index (χ1) is 14.6. The van der Waals surface area contributed by atoms with Crippen LogP contribution in [0.3, 0.4) is 0 Å². The van der Waals surface area contributed by atoms with Gasteiger partial charge in [0.2, 0.25) is 0 Å². The van der Waals surface area contributed by atoms with Crippen molar-refractivity contribution in [2.45, 2.75) is 25.3 Å². The molecule has 0 saturated carbocycles. The van der Waals surface area contributed by atoms with Crippen molar-refractivity contribution in [2.75, 3.05) is 6.54 Å². The Balaban J connectivity index is 1.75. The summed E-state index contributed by atoms with van der Waals surface area (Å²) < 4.78 is 14.1. The molecule has 1 aliphatic rings. The van der Waals surface area contributed by atoms with Gasteiger partial charge in [-0.25, -0.2) is 4.39 Å². The maximum Gasteiger partial charge on any atom is 0.165 e. The molecule has 1 N–H and O–H groups in total. The first-order valence-electron chi connectivity index (χ1n) is 10.0. The minimum Gasteiger partial charge on any atom is -0.504 e. The molecule has 0 aliphatic carbocycles. The summed E-state index contributed by atoms with van der Waals surface area (Å²) in [5.41, 5.74) is 2.65. The lowest BCUT2D eigenvalue weighted by molar-refractivity contribution is 0.428. The average molecular weight is 419 g/mol. The predicted octanol–water partition coefficient (Wildman–Crippen LogP) is 5.34. The molecular formula is C25H23FN2OS. The standard InChI is InChI=1S/C25H23FN2OS/c1-17-22(19-11-6-3-7-12-19)25(30)28(16-15-18-9-4-2-5-10-18)24(27-17)20-13-8-14-21(26)23(20)29/h2-14,17,22,29H,15-16H2,1H3. The Kier molecular flexibility index (Phi) is 5.91. The molecule has 1 heterocycles. The maximum atomic E-state index is 14.1. The molecule has 0 radical (unpaired) electrons. The Labute approximate surface area is 181 Å². The Bertz CT molecular complexity index is 1070.